The van der Waals surface area contributed by atoms with Gasteiger partial charge in [-0.25, -0.2) is 9.97 Å². The molecule has 2 aromatic heterocycles. The minimum Gasteiger partial charge on any atom is -0.504 e. The van der Waals surface area contributed by atoms with Gasteiger partial charge in [-0.2, -0.15) is 0 Å². The molecular weight excluding hydrogens is 374 g/mol. The average molecular weight is 386 g/mol. The van der Waals surface area contributed by atoms with E-state index in [0.29, 0.717) is 17.2 Å². The molecule has 3 rings (SSSR count). The van der Waals surface area contributed by atoms with Crippen molar-refractivity contribution in [3.63, 3.8) is 0 Å². The molecule has 0 spiro atoms. The van der Waals surface area contributed by atoms with Crippen LogP contribution in [0.1, 0.15) is 10.4 Å². The van der Waals surface area contributed by atoms with Crippen molar-refractivity contribution in [2.45, 2.75) is 0 Å². The highest BCUT2D eigenvalue weighted by Gasteiger charge is 2.10. The number of hydrogen-bond acceptors (Lipinski definition) is 5. The van der Waals surface area contributed by atoms with E-state index in [1.807, 2.05) is 18.2 Å². The van der Waals surface area contributed by atoms with Crippen LogP contribution in [0.15, 0.2) is 65.4 Å². The van der Waals surface area contributed by atoms with Crippen LogP contribution in [0.2, 0.25) is 0 Å². The Morgan fingerprint density at radius 3 is 2.71 bits per heavy atom. The van der Waals surface area contributed by atoms with E-state index in [0.717, 1.165) is 4.47 Å². The SMILES string of the molecule is O=C(Nc1ncccc1O)c1ccc(Oc2cccc(Br)c2)nc1. The third kappa shape index (κ3) is 3.88. The van der Waals surface area contributed by atoms with Crippen molar-refractivity contribution in [1.29, 1.82) is 0 Å². The zero-order chi connectivity index (χ0) is 16.9. The summed E-state index contributed by atoms with van der Waals surface area (Å²) in [5.41, 5.74) is 0.321. The summed E-state index contributed by atoms with van der Waals surface area (Å²) < 4.78 is 6.50. The van der Waals surface area contributed by atoms with Gasteiger partial charge in [-0.3, -0.25) is 4.79 Å². The number of nitrogens with zero attached hydrogens (tertiary/aromatic N) is 2. The summed E-state index contributed by atoms with van der Waals surface area (Å²) in [5.74, 6) is 0.564. The number of aromatic hydroxyl groups is 1. The molecule has 0 aliphatic heterocycles. The van der Waals surface area contributed by atoms with Crippen molar-refractivity contribution in [3.05, 3.63) is 71.0 Å². The minimum atomic E-state index is -0.425. The van der Waals surface area contributed by atoms with Gasteiger partial charge in [0.25, 0.3) is 5.91 Å². The molecule has 6 nitrogen and oxygen atoms in total. The second kappa shape index (κ2) is 7.10. The Bertz CT molecular complexity index is 869. The Hall–Kier alpha value is -2.93. The lowest BCUT2D eigenvalue weighted by molar-refractivity contribution is 0.102. The highest BCUT2D eigenvalue weighted by molar-refractivity contribution is 9.10. The van der Waals surface area contributed by atoms with E-state index in [4.69, 9.17) is 4.74 Å². The Labute approximate surface area is 146 Å². The lowest BCUT2D eigenvalue weighted by atomic mass is 10.2. The summed E-state index contributed by atoms with van der Waals surface area (Å²) in [6.45, 7) is 0. The number of rotatable bonds is 4. The van der Waals surface area contributed by atoms with Crippen molar-refractivity contribution >= 4 is 27.7 Å². The first-order chi connectivity index (χ1) is 11.6. The summed E-state index contributed by atoms with van der Waals surface area (Å²) in [6, 6.07) is 13.5. The van der Waals surface area contributed by atoms with Crippen LogP contribution in [0.4, 0.5) is 5.82 Å². The number of aromatic nitrogens is 2. The number of halogens is 1. The van der Waals surface area contributed by atoms with E-state index in [-0.39, 0.29) is 11.6 Å². The molecule has 0 saturated carbocycles. The van der Waals surface area contributed by atoms with Crippen molar-refractivity contribution in [2.75, 3.05) is 5.32 Å². The second-order valence-electron chi connectivity index (χ2n) is 4.77. The molecule has 0 saturated heterocycles. The molecule has 7 heteroatoms. The van der Waals surface area contributed by atoms with Crippen LogP contribution in [0.3, 0.4) is 0 Å². The number of pyridine rings is 2. The summed E-state index contributed by atoms with van der Waals surface area (Å²) in [5, 5.41) is 12.1. The summed E-state index contributed by atoms with van der Waals surface area (Å²) in [7, 11) is 0. The Morgan fingerprint density at radius 2 is 2.00 bits per heavy atom. The maximum Gasteiger partial charge on any atom is 0.258 e. The molecule has 1 aromatic carbocycles. The highest BCUT2D eigenvalue weighted by Crippen LogP contribution is 2.23. The van der Waals surface area contributed by atoms with E-state index < -0.39 is 5.91 Å². The number of hydrogen-bond donors (Lipinski definition) is 2. The van der Waals surface area contributed by atoms with Crippen LogP contribution >= 0.6 is 15.9 Å². The minimum absolute atomic E-state index is 0.0944. The molecule has 0 fully saturated rings. The van der Waals surface area contributed by atoms with Gasteiger partial charge in [-0.1, -0.05) is 22.0 Å². The van der Waals surface area contributed by atoms with Crippen LogP contribution in [0.5, 0.6) is 17.4 Å². The normalized spacial score (nSPS) is 10.2. The van der Waals surface area contributed by atoms with Gasteiger partial charge in [0, 0.05) is 22.9 Å². The van der Waals surface area contributed by atoms with Gasteiger partial charge in [0.1, 0.15) is 5.75 Å². The molecule has 24 heavy (non-hydrogen) atoms. The van der Waals surface area contributed by atoms with Gasteiger partial charge >= 0.3 is 0 Å². The second-order valence-corrected chi connectivity index (χ2v) is 5.69. The van der Waals surface area contributed by atoms with Gasteiger partial charge in [-0.05, 0) is 36.4 Å². The van der Waals surface area contributed by atoms with Gasteiger partial charge in [-0.15, -0.1) is 0 Å². The molecule has 2 N–H and O–H groups in total. The third-order valence-electron chi connectivity index (χ3n) is 3.04. The predicted molar refractivity (Wildman–Crippen MR) is 92.3 cm³/mol. The summed E-state index contributed by atoms with van der Waals surface area (Å²) in [6.07, 6.45) is 2.87. The average Bonchev–Trinajstić information content (AvgIpc) is 2.57. The van der Waals surface area contributed by atoms with Crippen molar-refractivity contribution in [2.24, 2.45) is 0 Å². The number of carbonyl (C=O) groups is 1. The first kappa shape index (κ1) is 15.9. The maximum atomic E-state index is 12.1. The Kier molecular flexibility index (Phi) is 4.72. The molecule has 120 valence electrons. The lowest BCUT2D eigenvalue weighted by Crippen LogP contribution is -2.13. The highest BCUT2D eigenvalue weighted by atomic mass is 79.9. The van der Waals surface area contributed by atoms with Gasteiger partial charge in [0.05, 0.1) is 5.56 Å². The van der Waals surface area contributed by atoms with Crippen LogP contribution in [-0.2, 0) is 0 Å². The maximum absolute atomic E-state index is 12.1. The standard InChI is InChI=1S/C17H12BrN3O3/c18-12-3-1-4-13(9-12)24-15-7-6-11(10-20-15)17(23)21-16-14(22)5-2-8-19-16/h1-10,22H,(H,19,21,23). The van der Waals surface area contributed by atoms with Crippen LogP contribution in [0, 0.1) is 0 Å². The van der Waals surface area contributed by atoms with E-state index in [9.17, 15) is 9.90 Å². The summed E-state index contributed by atoms with van der Waals surface area (Å²) in [4.78, 5) is 20.1. The molecular formula is C17H12BrN3O3. The molecule has 0 aliphatic rings. The topological polar surface area (TPSA) is 84.3 Å². The largest absolute Gasteiger partial charge is 0.504 e. The molecule has 0 bridgehead atoms. The number of carbonyl (C=O) groups excluding carboxylic acids is 1. The fourth-order valence-corrected chi connectivity index (χ4v) is 2.28. The molecule has 0 unspecified atom stereocenters. The molecule has 1 amide bonds. The zero-order valence-corrected chi connectivity index (χ0v) is 13.9. The lowest BCUT2D eigenvalue weighted by Gasteiger charge is -2.07. The van der Waals surface area contributed by atoms with E-state index in [2.05, 4.69) is 31.2 Å². The number of anilines is 1. The smallest absolute Gasteiger partial charge is 0.258 e. The fraction of sp³-hybridized carbons (Fsp3) is 0. The predicted octanol–water partition coefficient (Wildman–Crippen LogP) is 3.99. The van der Waals surface area contributed by atoms with Crippen molar-refractivity contribution in [3.8, 4) is 17.4 Å². The quantitative estimate of drug-likeness (QED) is 0.709. The first-order valence-electron chi connectivity index (χ1n) is 6.96. The van der Waals surface area contributed by atoms with Crippen LogP contribution < -0.4 is 10.1 Å². The molecule has 0 aliphatic carbocycles. The van der Waals surface area contributed by atoms with Gasteiger partial charge < -0.3 is 15.2 Å². The molecule has 0 atom stereocenters. The van der Waals surface area contributed by atoms with Crippen LogP contribution in [-0.4, -0.2) is 21.0 Å². The molecule has 2 heterocycles. The zero-order valence-electron chi connectivity index (χ0n) is 12.3. The molecule has 0 radical (unpaired) electrons. The van der Waals surface area contributed by atoms with Crippen molar-refractivity contribution in [1.82, 2.24) is 9.97 Å². The Balaban J connectivity index is 1.70. The van der Waals surface area contributed by atoms with Crippen molar-refractivity contribution < 1.29 is 14.6 Å². The third-order valence-corrected chi connectivity index (χ3v) is 3.53. The number of amides is 1. The number of ether oxygens (including phenoxy) is 1. The monoisotopic (exact) mass is 385 g/mol. The number of nitrogens with one attached hydrogen (secondary N) is 1. The summed E-state index contributed by atoms with van der Waals surface area (Å²) >= 11 is 3.36. The van der Waals surface area contributed by atoms with Gasteiger partial charge in [0.15, 0.2) is 11.6 Å². The molecule has 3 aromatic rings. The van der Waals surface area contributed by atoms with E-state index in [1.165, 1.54) is 18.5 Å². The van der Waals surface area contributed by atoms with E-state index in [1.54, 1.807) is 24.3 Å². The van der Waals surface area contributed by atoms with Gasteiger partial charge in [0.2, 0.25) is 5.88 Å². The van der Waals surface area contributed by atoms with E-state index >= 15 is 0 Å². The Morgan fingerprint density at radius 1 is 1.12 bits per heavy atom. The van der Waals surface area contributed by atoms with Crippen LogP contribution in [0.25, 0.3) is 0 Å². The first-order valence-corrected chi connectivity index (χ1v) is 7.76. The fourth-order valence-electron chi connectivity index (χ4n) is 1.90. The number of benzene rings is 1.